The van der Waals surface area contributed by atoms with Crippen molar-refractivity contribution in [2.45, 2.75) is 26.3 Å². The van der Waals surface area contributed by atoms with E-state index in [2.05, 4.69) is 44.8 Å². The minimum absolute atomic E-state index is 0.811. The van der Waals surface area contributed by atoms with E-state index in [9.17, 15) is 0 Å². The summed E-state index contributed by atoms with van der Waals surface area (Å²) in [6.45, 7) is 3.21. The third kappa shape index (κ3) is 1.57. The average molecular weight is 267 g/mol. The average Bonchev–Trinajstić information content (AvgIpc) is 2.89. The smallest absolute Gasteiger partial charge is 0.0635 e. The normalized spacial score (nSPS) is 32.8. The first-order chi connectivity index (χ1) is 7.24. The van der Waals surface area contributed by atoms with E-state index in [1.807, 2.05) is 6.20 Å². The minimum atomic E-state index is 0.811. The van der Waals surface area contributed by atoms with Crippen molar-refractivity contribution in [1.29, 1.82) is 0 Å². The first-order valence-electron chi connectivity index (χ1n) is 5.60. The number of hydrogen-bond donors (Lipinski definition) is 0. The number of fused-ring (bicyclic) bond motifs is 2. The molecule has 0 spiro atoms. The molecule has 2 nitrogen and oxygen atoms in total. The molecule has 3 rings (SSSR count). The van der Waals surface area contributed by atoms with Gasteiger partial charge in [0.25, 0.3) is 0 Å². The van der Waals surface area contributed by atoms with Crippen LogP contribution in [0.2, 0.25) is 0 Å². The first kappa shape index (κ1) is 9.64. The zero-order valence-electron chi connectivity index (χ0n) is 8.86. The fraction of sp³-hybridized carbons (Fsp3) is 0.583. The number of halogens is 1. The van der Waals surface area contributed by atoms with E-state index in [0.29, 0.717) is 0 Å². The maximum atomic E-state index is 4.41. The summed E-state index contributed by atoms with van der Waals surface area (Å²) in [6, 6.07) is 0. The molecule has 2 aliphatic carbocycles. The monoisotopic (exact) mass is 266 g/mol. The second-order valence-electron chi connectivity index (χ2n) is 4.80. The van der Waals surface area contributed by atoms with Gasteiger partial charge in [-0.1, -0.05) is 12.2 Å². The van der Waals surface area contributed by atoms with Gasteiger partial charge in [0.1, 0.15) is 0 Å². The van der Waals surface area contributed by atoms with Crippen LogP contribution in [0.5, 0.6) is 0 Å². The molecule has 3 heteroatoms. The molecule has 0 aromatic carbocycles. The molecule has 0 N–H and O–H groups in total. The van der Waals surface area contributed by atoms with E-state index in [1.165, 1.54) is 18.5 Å². The van der Waals surface area contributed by atoms with Crippen molar-refractivity contribution in [2.75, 3.05) is 0 Å². The Morgan fingerprint density at radius 1 is 1.47 bits per heavy atom. The zero-order valence-corrected chi connectivity index (χ0v) is 10.4. The highest BCUT2D eigenvalue weighted by Crippen LogP contribution is 2.44. The molecule has 2 bridgehead atoms. The van der Waals surface area contributed by atoms with Gasteiger partial charge in [-0.15, -0.1) is 0 Å². The molecule has 80 valence electrons. The van der Waals surface area contributed by atoms with Gasteiger partial charge in [-0.3, -0.25) is 4.68 Å². The predicted molar refractivity (Wildman–Crippen MR) is 63.5 cm³/mol. The SMILES string of the molecule is Cc1c(Br)cnn1C[C@@H]1C[C@H]2C=C[C@H]1C2. The van der Waals surface area contributed by atoms with Crippen molar-refractivity contribution < 1.29 is 0 Å². The summed E-state index contributed by atoms with van der Waals surface area (Å²) < 4.78 is 3.27. The summed E-state index contributed by atoms with van der Waals surface area (Å²) in [7, 11) is 0. The predicted octanol–water partition coefficient (Wildman–Crippen LogP) is 3.17. The second kappa shape index (κ2) is 3.48. The van der Waals surface area contributed by atoms with E-state index in [4.69, 9.17) is 0 Å². The van der Waals surface area contributed by atoms with E-state index in [1.54, 1.807) is 0 Å². The molecule has 1 fully saturated rings. The first-order valence-corrected chi connectivity index (χ1v) is 6.39. The highest BCUT2D eigenvalue weighted by Gasteiger charge is 2.35. The second-order valence-corrected chi connectivity index (χ2v) is 5.65. The molecule has 2 aliphatic rings. The third-order valence-electron chi connectivity index (χ3n) is 3.87. The van der Waals surface area contributed by atoms with Crippen LogP contribution < -0.4 is 0 Å². The highest BCUT2D eigenvalue weighted by molar-refractivity contribution is 9.10. The molecule has 0 amide bonds. The van der Waals surface area contributed by atoms with Crippen LogP contribution in [-0.4, -0.2) is 9.78 Å². The lowest BCUT2D eigenvalue weighted by molar-refractivity contribution is 0.361. The lowest BCUT2D eigenvalue weighted by Crippen LogP contribution is -2.16. The molecule has 0 saturated heterocycles. The van der Waals surface area contributed by atoms with Crippen LogP contribution in [0.1, 0.15) is 18.5 Å². The Morgan fingerprint density at radius 3 is 2.87 bits per heavy atom. The Hall–Kier alpha value is -0.570. The van der Waals surface area contributed by atoms with E-state index in [-0.39, 0.29) is 0 Å². The number of nitrogens with zero attached hydrogens (tertiary/aromatic N) is 2. The minimum Gasteiger partial charge on any atom is -0.268 e. The fourth-order valence-electron chi connectivity index (χ4n) is 2.93. The van der Waals surface area contributed by atoms with Gasteiger partial charge in [0.2, 0.25) is 0 Å². The van der Waals surface area contributed by atoms with Crippen LogP contribution in [0, 0.1) is 24.7 Å². The van der Waals surface area contributed by atoms with Crippen molar-refractivity contribution >= 4 is 15.9 Å². The highest BCUT2D eigenvalue weighted by atomic mass is 79.9. The van der Waals surface area contributed by atoms with Crippen molar-refractivity contribution in [1.82, 2.24) is 9.78 Å². The lowest BCUT2D eigenvalue weighted by atomic mass is 9.94. The van der Waals surface area contributed by atoms with Gasteiger partial charge >= 0.3 is 0 Å². The Kier molecular flexibility index (Phi) is 2.23. The number of aromatic nitrogens is 2. The van der Waals surface area contributed by atoms with Gasteiger partial charge < -0.3 is 0 Å². The fourth-order valence-corrected chi connectivity index (χ4v) is 3.23. The molecule has 0 unspecified atom stereocenters. The van der Waals surface area contributed by atoms with Crippen molar-refractivity contribution in [3.63, 3.8) is 0 Å². The zero-order chi connectivity index (χ0) is 10.4. The maximum absolute atomic E-state index is 4.41. The third-order valence-corrected chi connectivity index (χ3v) is 4.65. The van der Waals surface area contributed by atoms with Crippen LogP contribution >= 0.6 is 15.9 Å². The molecular formula is C12H15BrN2. The number of allylic oxidation sites excluding steroid dienone is 2. The Balaban J connectivity index is 1.76. The van der Waals surface area contributed by atoms with Gasteiger partial charge in [0.15, 0.2) is 0 Å². The molecule has 1 heterocycles. The van der Waals surface area contributed by atoms with Crippen LogP contribution in [0.4, 0.5) is 0 Å². The van der Waals surface area contributed by atoms with Crippen molar-refractivity contribution in [2.24, 2.45) is 17.8 Å². The topological polar surface area (TPSA) is 17.8 Å². The van der Waals surface area contributed by atoms with Crippen LogP contribution in [0.25, 0.3) is 0 Å². The Morgan fingerprint density at radius 2 is 2.33 bits per heavy atom. The lowest BCUT2D eigenvalue weighted by Gasteiger charge is -2.18. The quantitative estimate of drug-likeness (QED) is 0.752. The summed E-state index contributed by atoms with van der Waals surface area (Å²) in [5, 5.41) is 4.41. The molecule has 0 radical (unpaired) electrons. The van der Waals surface area contributed by atoms with E-state index in [0.717, 1.165) is 28.8 Å². The molecule has 1 aromatic heterocycles. The van der Waals surface area contributed by atoms with Gasteiger partial charge in [-0.25, -0.2) is 0 Å². The molecule has 3 atom stereocenters. The Bertz CT molecular complexity index is 408. The van der Waals surface area contributed by atoms with Crippen LogP contribution in [0.3, 0.4) is 0 Å². The summed E-state index contributed by atoms with van der Waals surface area (Å²) in [4.78, 5) is 0. The van der Waals surface area contributed by atoms with Gasteiger partial charge in [-0.05, 0) is 53.4 Å². The molecular weight excluding hydrogens is 252 g/mol. The van der Waals surface area contributed by atoms with Gasteiger partial charge in [0.05, 0.1) is 10.7 Å². The largest absolute Gasteiger partial charge is 0.268 e. The number of hydrogen-bond acceptors (Lipinski definition) is 1. The van der Waals surface area contributed by atoms with Crippen molar-refractivity contribution in [3.8, 4) is 0 Å². The molecule has 15 heavy (non-hydrogen) atoms. The summed E-state index contributed by atoms with van der Waals surface area (Å²) in [6.07, 6.45) is 9.45. The summed E-state index contributed by atoms with van der Waals surface area (Å²) >= 11 is 3.51. The summed E-state index contributed by atoms with van der Waals surface area (Å²) in [5.41, 5.74) is 1.25. The number of rotatable bonds is 2. The Labute approximate surface area is 98.5 Å². The van der Waals surface area contributed by atoms with Crippen molar-refractivity contribution in [3.05, 3.63) is 28.5 Å². The molecule has 0 aliphatic heterocycles. The molecule has 1 aromatic rings. The van der Waals surface area contributed by atoms with E-state index < -0.39 is 0 Å². The standard InChI is InChI=1S/C12H15BrN2/c1-8-12(13)6-14-15(8)7-11-5-9-2-3-10(11)4-9/h2-3,6,9-11H,4-5,7H2,1H3/t9-,10-,11-/m0/s1. The van der Waals surface area contributed by atoms with Crippen LogP contribution in [-0.2, 0) is 6.54 Å². The summed E-state index contributed by atoms with van der Waals surface area (Å²) in [5.74, 6) is 2.49. The van der Waals surface area contributed by atoms with Gasteiger partial charge in [0, 0.05) is 12.2 Å². The maximum Gasteiger partial charge on any atom is 0.0635 e. The van der Waals surface area contributed by atoms with Crippen LogP contribution in [0.15, 0.2) is 22.8 Å². The van der Waals surface area contributed by atoms with E-state index >= 15 is 0 Å². The molecule has 1 saturated carbocycles. The van der Waals surface area contributed by atoms with Gasteiger partial charge in [-0.2, -0.15) is 5.10 Å².